The molecule has 140 valence electrons. The molecule has 0 radical (unpaired) electrons. The van der Waals surface area contributed by atoms with E-state index in [2.05, 4.69) is 46.7 Å². The van der Waals surface area contributed by atoms with Crippen molar-refractivity contribution in [3.8, 4) is 0 Å². The molecular formula is C20H33N3O2. The highest BCUT2D eigenvalue weighted by molar-refractivity contribution is 5.74. The summed E-state index contributed by atoms with van der Waals surface area (Å²) in [5.41, 5.74) is 2.44. The van der Waals surface area contributed by atoms with Gasteiger partial charge in [0.15, 0.2) is 0 Å². The summed E-state index contributed by atoms with van der Waals surface area (Å²) in [5.74, 6) is 0.852. The van der Waals surface area contributed by atoms with Gasteiger partial charge < -0.3 is 15.7 Å². The van der Waals surface area contributed by atoms with E-state index < -0.39 is 0 Å². The van der Waals surface area contributed by atoms with Crippen LogP contribution in [0.3, 0.4) is 0 Å². The van der Waals surface area contributed by atoms with Crippen LogP contribution in [-0.4, -0.2) is 41.8 Å². The van der Waals surface area contributed by atoms with Crippen LogP contribution < -0.4 is 10.6 Å². The van der Waals surface area contributed by atoms with Crippen molar-refractivity contribution in [1.29, 1.82) is 0 Å². The first-order valence-electron chi connectivity index (χ1n) is 9.52. The number of urea groups is 1. The van der Waals surface area contributed by atoms with E-state index in [1.54, 1.807) is 0 Å². The van der Waals surface area contributed by atoms with Gasteiger partial charge in [-0.05, 0) is 62.7 Å². The van der Waals surface area contributed by atoms with E-state index in [1.165, 1.54) is 31.5 Å². The number of nitrogens with zero attached hydrogens (tertiary/aromatic N) is 1. The summed E-state index contributed by atoms with van der Waals surface area (Å²) in [6, 6.07) is 8.39. The van der Waals surface area contributed by atoms with Crippen LogP contribution in [0.25, 0.3) is 0 Å². The predicted molar refractivity (Wildman–Crippen MR) is 101 cm³/mol. The standard InChI is InChI=1S/C20H33N3O2/c1-16-8-10-23(11-9-16)15-19-7-3-6-18(13-19)14-21-20(25)22-17(2)5-4-12-24/h3,6-7,13,16-17,24H,4-5,8-12,14-15H2,1-2H3,(H2,21,22,25). The lowest BCUT2D eigenvalue weighted by Crippen LogP contribution is -2.40. The number of aliphatic hydroxyl groups excluding tert-OH is 1. The summed E-state index contributed by atoms with van der Waals surface area (Å²) in [6.07, 6.45) is 4.07. The van der Waals surface area contributed by atoms with Crippen LogP contribution in [-0.2, 0) is 13.1 Å². The summed E-state index contributed by atoms with van der Waals surface area (Å²) in [6.45, 7) is 8.33. The minimum Gasteiger partial charge on any atom is -0.396 e. The lowest BCUT2D eigenvalue weighted by atomic mass is 9.98. The van der Waals surface area contributed by atoms with Gasteiger partial charge in [0.25, 0.3) is 0 Å². The normalized spacial score (nSPS) is 17.2. The molecule has 1 aromatic rings. The fraction of sp³-hybridized carbons (Fsp3) is 0.650. The quantitative estimate of drug-likeness (QED) is 0.677. The number of aliphatic hydroxyl groups is 1. The molecule has 1 heterocycles. The third-order valence-electron chi connectivity index (χ3n) is 4.90. The molecule has 0 saturated carbocycles. The molecule has 0 bridgehead atoms. The predicted octanol–water partition coefficient (Wildman–Crippen LogP) is 2.88. The number of piperidine rings is 1. The Hall–Kier alpha value is -1.59. The molecule has 1 aliphatic rings. The Morgan fingerprint density at radius 2 is 2.04 bits per heavy atom. The molecule has 1 unspecified atom stereocenters. The Bertz CT molecular complexity index is 527. The maximum atomic E-state index is 11.9. The van der Waals surface area contributed by atoms with Gasteiger partial charge in [-0.1, -0.05) is 31.2 Å². The molecular weight excluding hydrogens is 314 g/mol. The lowest BCUT2D eigenvalue weighted by Gasteiger charge is -2.30. The zero-order valence-electron chi connectivity index (χ0n) is 15.6. The largest absolute Gasteiger partial charge is 0.396 e. The van der Waals surface area contributed by atoms with E-state index in [1.807, 2.05) is 6.92 Å². The molecule has 3 N–H and O–H groups in total. The van der Waals surface area contributed by atoms with Crippen molar-refractivity contribution in [3.05, 3.63) is 35.4 Å². The van der Waals surface area contributed by atoms with Gasteiger partial charge in [-0.3, -0.25) is 4.90 Å². The highest BCUT2D eigenvalue weighted by atomic mass is 16.3. The summed E-state index contributed by atoms with van der Waals surface area (Å²) in [4.78, 5) is 14.4. The van der Waals surface area contributed by atoms with Gasteiger partial charge in [0.1, 0.15) is 0 Å². The Morgan fingerprint density at radius 1 is 1.32 bits per heavy atom. The zero-order valence-corrected chi connectivity index (χ0v) is 15.6. The maximum absolute atomic E-state index is 11.9. The first kappa shape index (κ1) is 19.7. The second-order valence-electron chi connectivity index (χ2n) is 7.37. The van der Waals surface area contributed by atoms with Gasteiger partial charge in [0.2, 0.25) is 0 Å². The number of likely N-dealkylation sites (tertiary alicyclic amines) is 1. The molecule has 5 heteroatoms. The summed E-state index contributed by atoms with van der Waals surface area (Å²) < 4.78 is 0. The average molecular weight is 348 g/mol. The summed E-state index contributed by atoms with van der Waals surface area (Å²) >= 11 is 0. The van der Waals surface area contributed by atoms with Crippen molar-refractivity contribution in [1.82, 2.24) is 15.5 Å². The molecule has 25 heavy (non-hydrogen) atoms. The number of nitrogens with one attached hydrogen (secondary N) is 2. The molecule has 5 nitrogen and oxygen atoms in total. The molecule has 2 amide bonds. The Balaban J connectivity index is 1.76. The van der Waals surface area contributed by atoms with Gasteiger partial charge in [0, 0.05) is 25.7 Å². The number of amides is 2. The lowest BCUT2D eigenvalue weighted by molar-refractivity contribution is 0.185. The molecule has 1 saturated heterocycles. The highest BCUT2D eigenvalue weighted by Crippen LogP contribution is 2.18. The van der Waals surface area contributed by atoms with Gasteiger partial charge >= 0.3 is 6.03 Å². The molecule has 1 aliphatic heterocycles. The van der Waals surface area contributed by atoms with E-state index in [0.717, 1.165) is 24.4 Å². The number of rotatable bonds is 8. The number of carbonyl (C=O) groups excluding carboxylic acids is 1. The fourth-order valence-electron chi connectivity index (χ4n) is 3.24. The minimum absolute atomic E-state index is 0.0694. The average Bonchev–Trinajstić information content (AvgIpc) is 2.60. The van der Waals surface area contributed by atoms with E-state index in [9.17, 15) is 4.79 Å². The van der Waals surface area contributed by atoms with Gasteiger partial charge in [0.05, 0.1) is 0 Å². The molecule has 1 aromatic carbocycles. The smallest absolute Gasteiger partial charge is 0.315 e. The molecule has 0 spiro atoms. The van der Waals surface area contributed by atoms with Crippen molar-refractivity contribution in [2.45, 2.75) is 58.7 Å². The van der Waals surface area contributed by atoms with E-state index >= 15 is 0 Å². The van der Waals surface area contributed by atoms with E-state index in [-0.39, 0.29) is 18.7 Å². The topological polar surface area (TPSA) is 64.6 Å². The van der Waals surface area contributed by atoms with Crippen molar-refractivity contribution in [3.63, 3.8) is 0 Å². The van der Waals surface area contributed by atoms with Crippen LogP contribution in [0.5, 0.6) is 0 Å². The zero-order chi connectivity index (χ0) is 18.1. The van der Waals surface area contributed by atoms with Gasteiger partial charge in [-0.15, -0.1) is 0 Å². The molecule has 1 fully saturated rings. The second kappa shape index (κ2) is 10.4. The maximum Gasteiger partial charge on any atom is 0.315 e. The van der Waals surface area contributed by atoms with Crippen LogP contribution >= 0.6 is 0 Å². The number of hydrogen-bond donors (Lipinski definition) is 3. The van der Waals surface area contributed by atoms with Crippen LogP contribution in [0.4, 0.5) is 4.79 Å². The van der Waals surface area contributed by atoms with Crippen LogP contribution in [0.15, 0.2) is 24.3 Å². The number of carbonyl (C=O) groups is 1. The Morgan fingerprint density at radius 3 is 2.76 bits per heavy atom. The van der Waals surface area contributed by atoms with Gasteiger partial charge in [-0.2, -0.15) is 0 Å². The van der Waals surface area contributed by atoms with E-state index in [0.29, 0.717) is 13.0 Å². The Kier molecular flexibility index (Phi) is 8.22. The minimum atomic E-state index is -0.152. The SMILES string of the molecule is CC1CCN(Cc2cccc(CNC(=O)NC(C)CCCO)c2)CC1. The first-order chi connectivity index (χ1) is 12.1. The highest BCUT2D eigenvalue weighted by Gasteiger charge is 2.15. The number of benzene rings is 1. The molecule has 0 aromatic heterocycles. The first-order valence-corrected chi connectivity index (χ1v) is 9.52. The van der Waals surface area contributed by atoms with Crippen LogP contribution in [0, 0.1) is 5.92 Å². The monoisotopic (exact) mass is 347 g/mol. The van der Waals surface area contributed by atoms with Crippen LogP contribution in [0.2, 0.25) is 0 Å². The molecule has 2 rings (SSSR count). The van der Waals surface area contributed by atoms with Crippen LogP contribution in [0.1, 0.15) is 50.7 Å². The third-order valence-corrected chi connectivity index (χ3v) is 4.90. The van der Waals surface area contributed by atoms with Gasteiger partial charge in [-0.25, -0.2) is 4.79 Å². The van der Waals surface area contributed by atoms with Crippen molar-refractivity contribution >= 4 is 6.03 Å². The molecule has 0 aliphatic carbocycles. The summed E-state index contributed by atoms with van der Waals surface area (Å²) in [5, 5.41) is 14.6. The van der Waals surface area contributed by atoms with Crippen molar-refractivity contribution in [2.24, 2.45) is 5.92 Å². The van der Waals surface area contributed by atoms with Crippen molar-refractivity contribution < 1.29 is 9.90 Å². The van der Waals surface area contributed by atoms with Crippen molar-refractivity contribution in [2.75, 3.05) is 19.7 Å². The van der Waals surface area contributed by atoms with E-state index in [4.69, 9.17) is 5.11 Å². The molecule has 1 atom stereocenters. The Labute approximate surface area is 151 Å². The number of hydrogen-bond acceptors (Lipinski definition) is 3. The fourth-order valence-corrected chi connectivity index (χ4v) is 3.24. The third kappa shape index (κ3) is 7.45. The second-order valence-corrected chi connectivity index (χ2v) is 7.37. The summed E-state index contributed by atoms with van der Waals surface area (Å²) in [7, 11) is 0.